The molecule has 0 spiro atoms. The van der Waals surface area contributed by atoms with Crippen LogP contribution in [0.3, 0.4) is 0 Å². The number of para-hydroxylation sites is 2. The molecule has 0 radical (unpaired) electrons. The molecule has 0 N–H and O–H groups in total. The molecule has 2 aromatic carbocycles. The van der Waals surface area contributed by atoms with Crippen LogP contribution >= 0.6 is 0 Å². The first-order valence-corrected chi connectivity index (χ1v) is 11.1. The maximum absolute atomic E-state index is 13.3. The SMILES string of the molecule is CC12CCC(=O)N1c1ccccc1C(=O)N2CCCC(=O)N1CCCc2ccccc21. The van der Waals surface area contributed by atoms with E-state index in [9.17, 15) is 14.4 Å². The maximum atomic E-state index is 13.3. The van der Waals surface area contributed by atoms with Crippen molar-refractivity contribution in [2.45, 2.75) is 51.1 Å². The number of nitrogens with zero attached hydrogens (tertiary/aromatic N) is 3. The van der Waals surface area contributed by atoms with Crippen LogP contribution in [-0.2, 0) is 16.0 Å². The molecule has 3 aliphatic heterocycles. The second-order valence-corrected chi connectivity index (χ2v) is 8.80. The average Bonchev–Trinajstić information content (AvgIpc) is 3.10. The van der Waals surface area contributed by atoms with Gasteiger partial charge < -0.3 is 9.80 Å². The number of amides is 3. The van der Waals surface area contributed by atoms with Gasteiger partial charge in [-0.2, -0.15) is 0 Å². The summed E-state index contributed by atoms with van der Waals surface area (Å²) in [7, 11) is 0. The summed E-state index contributed by atoms with van der Waals surface area (Å²) in [6, 6.07) is 15.4. The van der Waals surface area contributed by atoms with Crippen LogP contribution in [0.25, 0.3) is 0 Å². The first-order valence-electron chi connectivity index (χ1n) is 11.1. The predicted molar refractivity (Wildman–Crippen MR) is 119 cm³/mol. The van der Waals surface area contributed by atoms with Crippen molar-refractivity contribution >= 4 is 29.1 Å². The van der Waals surface area contributed by atoms with E-state index in [1.165, 1.54) is 5.56 Å². The fourth-order valence-electron chi connectivity index (χ4n) is 5.36. The van der Waals surface area contributed by atoms with E-state index in [0.717, 1.165) is 25.1 Å². The molecule has 0 aromatic heterocycles. The third-order valence-electron chi connectivity index (χ3n) is 6.93. The molecule has 0 saturated carbocycles. The van der Waals surface area contributed by atoms with Crippen LogP contribution in [0, 0.1) is 0 Å². The fraction of sp³-hybridized carbons (Fsp3) is 0.400. The Balaban J connectivity index is 1.32. The van der Waals surface area contributed by atoms with Gasteiger partial charge >= 0.3 is 0 Å². The largest absolute Gasteiger partial charge is 0.315 e. The van der Waals surface area contributed by atoms with Gasteiger partial charge in [0.25, 0.3) is 5.91 Å². The Bertz CT molecular complexity index is 1070. The molecule has 0 bridgehead atoms. The standard InChI is InChI=1S/C25H27N3O3/c1-25-15-14-23(30)28(25)21-12-5-3-10-19(21)24(31)27(25)17-7-13-22(29)26-16-6-9-18-8-2-4-11-20(18)26/h2-5,8,10-12H,6-7,9,13-17H2,1H3. The van der Waals surface area contributed by atoms with E-state index in [1.807, 2.05) is 48.2 Å². The van der Waals surface area contributed by atoms with Crippen LogP contribution < -0.4 is 9.80 Å². The normalized spacial score (nSPS) is 22.3. The Morgan fingerprint density at radius 2 is 1.74 bits per heavy atom. The number of rotatable bonds is 4. The molecule has 160 valence electrons. The monoisotopic (exact) mass is 417 g/mol. The molecule has 6 nitrogen and oxygen atoms in total. The Morgan fingerprint density at radius 1 is 1.00 bits per heavy atom. The van der Waals surface area contributed by atoms with Gasteiger partial charge in [0.05, 0.1) is 11.3 Å². The minimum absolute atomic E-state index is 0.0495. The molecule has 1 fully saturated rings. The molecule has 31 heavy (non-hydrogen) atoms. The predicted octanol–water partition coefficient (Wildman–Crippen LogP) is 3.75. The molecular formula is C25H27N3O3. The van der Waals surface area contributed by atoms with E-state index < -0.39 is 5.66 Å². The Kier molecular flexibility index (Phi) is 4.80. The molecule has 2 aromatic rings. The van der Waals surface area contributed by atoms with Gasteiger partial charge in [-0.15, -0.1) is 0 Å². The molecule has 0 aliphatic carbocycles. The molecule has 6 heteroatoms. The number of aryl methyl sites for hydroxylation is 1. The first kappa shape index (κ1) is 19.8. The maximum Gasteiger partial charge on any atom is 0.257 e. The summed E-state index contributed by atoms with van der Waals surface area (Å²) < 4.78 is 0. The van der Waals surface area contributed by atoms with Crippen molar-refractivity contribution in [3.8, 4) is 0 Å². The third-order valence-corrected chi connectivity index (χ3v) is 6.93. The van der Waals surface area contributed by atoms with Gasteiger partial charge in [-0.05, 0) is 56.4 Å². The molecule has 5 rings (SSSR count). The Hall–Kier alpha value is -3.15. The van der Waals surface area contributed by atoms with E-state index >= 15 is 0 Å². The van der Waals surface area contributed by atoms with E-state index in [4.69, 9.17) is 0 Å². The molecule has 1 unspecified atom stereocenters. The number of carbonyl (C=O) groups is 3. The van der Waals surface area contributed by atoms with E-state index in [0.29, 0.717) is 43.5 Å². The molecular weight excluding hydrogens is 390 g/mol. The second-order valence-electron chi connectivity index (χ2n) is 8.80. The summed E-state index contributed by atoms with van der Waals surface area (Å²) >= 11 is 0. The van der Waals surface area contributed by atoms with Gasteiger partial charge in [0.1, 0.15) is 5.66 Å². The highest BCUT2D eigenvalue weighted by Gasteiger charge is 2.52. The van der Waals surface area contributed by atoms with Crippen molar-refractivity contribution < 1.29 is 14.4 Å². The summed E-state index contributed by atoms with van der Waals surface area (Å²) in [6.45, 7) is 3.16. The minimum atomic E-state index is -0.663. The van der Waals surface area contributed by atoms with E-state index in [-0.39, 0.29) is 17.7 Å². The quantitative estimate of drug-likeness (QED) is 0.761. The van der Waals surface area contributed by atoms with E-state index in [1.54, 1.807) is 15.9 Å². The lowest BCUT2D eigenvalue weighted by molar-refractivity contribution is -0.119. The highest BCUT2D eigenvalue weighted by atomic mass is 16.2. The molecule has 1 atom stereocenters. The topological polar surface area (TPSA) is 60.9 Å². The van der Waals surface area contributed by atoms with Crippen LogP contribution in [-0.4, -0.2) is 41.4 Å². The fourth-order valence-corrected chi connectivity index (χ4v) is 5.36. The second kappa shape index (κ2) is 7.52. The van der Waals surface area contributed by atoms with Crippen molar-refractivity contribution in [3.63, 3.8) is 0 Å². The van der Waals surface area contributed by atoms with Crippen LogP contribution in [0.2, 0.25) is 0 Å². The Morgan fingerprint density at radius 3 is 2.58 bits per heavy atom. The lowest BCUT2D eigenvalue weighted by Crippen LogP contribution is -2.62. The molecule has 3 heterocycles. The summed E-state index contributed by atoms with van der Waals surface area (Å²) in [5.41, 5.74) is 2.84. The van der Waals surface area contributed by atoms with Crippen LogP contribution in [0.1, 0.15) is 54.9 Å². The molecule has 1 saturated heterocycles. The highest BCUT2D eigenvalue weighted by molar-refractivity contribution is 6.10. The van der Waals surface area contributed by atoms with Gasteiger partial charge in [0.2, 0.25) is 11.8 Å². The number of carbonyl (C=O) groups excluding carboxylic acids is 3. The van der Waals surface area contributed by atoms with Gasteiger partial charge in [0, 0.05) is 31.6 Å². The highest BCUT2D eigenvalue weighted by Crippen LogP contribution is 2.44. The van der Waals surface area contributed by atoms with Crippen molar-refractivity contribution in [1.29, 1.82) is 0 Å². The van der Waals surface area contributed by atoms with Crippen LogP contribution in [0.5, 0.6) is 0 Å². The lowest BCUT2D eigenvalue weighted by atomic mass is 9.97. The zero-order valence-electron chi connectivity index (χ0n) is 17.8. The van der Waals surface area contributed by atoms with E-state index in [2.05, 4.69) is 6.07 Å². The van der Waals surface area contributed by atoms with Crippen LogP contribution in [0.4, 0.5) is 11.4 Å². The Labute approximate surface area is 182 Å². The van der Waals surface area contributed by atoms with Crippen molar-refractivity contribution in [1.82, 2.24) is 4.90 Å². The number of hydrogen-bond acceptors (Lipinski definition) is 3. The molecule has 3 amide bonds. The zero-order chi connectivity index (χ0) is 21.6. The van der Waals surface area contributed by atoms with Crippen molar-refractivity contribution in [2.75, 3.05) is 22.9 Å². The number of anilines is 2. The number of benzene rings is 2. The first-order chi connectivity index (χ1) is 15.0. The number of hydrogen-bond donors (Lipinski definition) is 0. The smallest absolute Gasteiger partial charge is 0.257 e. The minimum Gasteiger partial charge on any atom is -0.315 e. The van der Waals surface area contributed by atoms with Crippen molar-refractivity contribution in [3.05, 3.63) is 59.7 Å². The van der Waals surface area contributed by atoms with Gasteiger partial charge in [-0.25, -0.2) is 0 Å². The summed E-state index contributed by atoms with van der Waals surface area (Å²) in [6.07, 6.45) is 3.97. The lowest BCUT2D eigenvalue weighted by Gasteiger charge is -2.48. The summed E-state index contributed by atoms with van der Waals surface area (Å²) in [5, 5.41) is 0. The molecule has 3 aliphatic rings. The van der Waals surface area contributed by atoms with Gasteiger partial charge in [-0.1, -0.05) is 30.3 Å². The van der Waals surface area contributed by atoms with Crippen LogP contribution in [0.15, 0.2) is 48.5 Å². The number of fused-ring (bicyclic) bond motifs is 4. The van der Waals surface area contributed by atoms with Crippen molar-refractivity contribution in [2.24, 2.45) is 0 Å². The summed E-state index contributed by atoms with van der Waals surface area (Å²) in [4.78, 5) is 44.4. The third kappa shape index (κ3) is 3.12. The van der Waals surface area contributed by atoms with Gasteiger partial charge in [0.15, 0.2) is 0 Å². The van der Waals surface area contributed by atoms with Gasteiger partial charge in [-0.3, -0.25) is 19.3 Å². The average molecular weight is 418 g/mol. The summed E-state index contributed by atoms with van der Waals surface area (Å²) in [5.74, 6) is 0.0924. The zero-order valence-corrected chi connectivity index (χ0v) is 17.8.